The third-order valence-corrected chi connectivity index (χ3v) is 4.85. The summed E-state index contributed by atoms with van der Waals surface area (Å²) in [5, 5.41) is 11.8. The van der Waals surface area contributed by atoms with Crippen LogP contribution in [0.25, 0.3) is 0 Å². The fourth-order valence-corrected chi connectivity index (χ4v) is 3.09. The first-order chi connectivity index (χ1) is 15.5. The zero-order valence-corrected chi connectivity index (χ0v) is 18.1. The van der Waals surface area contributed by atoms with Gasteiger partial charge in [0.15, 0.2) is 0 Å². The van der Waals surface area contributed by atoms with Gasteiger partial charge >= 0.3 is 5.97 Å². The Labute approximate surface area is 187 Å². The number of nitrogens with zero attached hydrogens (tertiary/aromatic N) is 1. The average Bonchev–Trinajstić information content (AvgIpc) is 2.80. The number of aromatic carboxylic acids is 1. The van der Waals surface area contributed by atoms with Crippen LogP contribution in [0.4, 0.5) is 5.69 Å². The Bertz CT molecular complexity index is 1040. The van der Waals surface area contributed by atoms with E-state index in [1.165, 1.54) is 6.07 Å². The second-order valence-corrected chi connectivity index (χ2v) is 7.21. The van der Waals surface area contributed by atoms with Crippen molar-refractivity contribution in [1.82, 2.24) is 4.98 Å². The SMILES string of the molecule is CCC(CC)Oc1ccc(Oc2ccc(CC(=O)Nc3ccccc3C(=O)O)cn2)cc1. The fourth-order valence-electron chi connectivity index (χ4n) is 3.09. The van der Waals surface area contributed by atoms with E-state index in [0.29, 0.717) is 17.2 Å². The largest absolute Gasteiger partial charge is 0.490 e. The topological polar surface area (TPSA) is 97.8 Å². The molecule has 0 spiro atoms. The van der Waals surface area contributed by atoms with Gasteiger partial charge in [0.1, 0.15) is 11.5 Å². The fraction of sp³-hybridized carbons (Fsp3) is 0.240. The molecule has 0 fully saturated rings. The minimum absolute atomic E-state index is 0.0408. The van der Waals surface area contributed by atoms with Gasteiger partial charge in [0.25, 0.3) is 0 Å². The number of hydrogen-bond donors (Lipinski definition) is 2. The van der Waals surface area contributed by atoms with Crippen LogP contribution in [-0.2, 0) is 11.2 Å². The lowest BCUT2D eigenvalue weighted by Crippen LogP contribution is -2.16. The summed E-state index contributed by atoms with van der Waals surface area (Å²) in [5.41, 5.74) is 0.977. The number of carboxylic acid groups (broad SMARTS) is 1. The molecule has 7 nitrogen and oxygen atoms in total. The summed E-state index contributed by atoms with van der Waals surface area (Å²) < 4.78 is 11.6. The molecule has 1 amide bonds. The number of carbonyl (C=O) groups is 2. The van der Waals surface area contributed by atoms with Crippen LogP contribution < -0.4 is 14.8 Å². The number of pyridine rings is 1. The average molecular weight is 434 g/mol. The maximum Gasteiger partial charge on any atom is 0.337 e. The summed E-state index contributed by atoms with van der Waals surface area (Å²) in [5.74, 6) is 0.399. The molecule has 0 aliphatic carbocycles. The highest BCUT2D eigenvalue weighted by Gasteiger charge is 2.12. The molecule has 0 aliphatic heterocycles. The highest BCUT2D eigenvalue weighted by Crippen LogP contribution is 2.24. The number of amides is 1. The van der Waals surface area contributed by atoms with Crippen molar-refractivity contribution in [2.45, 2.75) is 39.2 Å². The normalized spacial score (nSPS) is 10.6. The number of para-hydroxylation sites is 1. The molecule has 0 radical (unpaired) electrons. The number of ether oxygens (including phenoxy) is 2. The van der Waals surface area contributed by atoms with Crippen molar-refractivity contribution in [2.24, 2.45) is 0 Å². The van der Waals surface area contributed by atoms with Gasteiger partial charge in [-0.15, -0.1) is 0 Å². The number of anilines is 1. The number of benzene rings is 2. The molecule has 1 heterocycles. The number of aromatic nitrogens is 1. The number of nitrogens with one attached hydrogen (secondary N) is 1. The van der Waals surface area contributed by atoms with Gasteiger partial charge in [-0.25, -0.2) is 9.78 Å². The molecular formula is C25H26N2O5. The van der Waals surface area contributed by atoms with Crippen LogP contribution in [0.2, 0.25) is 0 Å². The molecule has 3 rings (SSSR count). The third-order valence-electron chi connectivity index (χ3n) is 4.85. The van der Waals surface area contributed by atoms with Crippen molar-refractivity contribution in [3.05, 3.63) is 78.0 Å². The van der Waals surface area contributed by atoms with Gasteiger partial charge in [-0.3, -0.25) is 4.79 Å². The monoisotopic (exact) mass is 434 g/mol. The van der Waals surface area contributed by atoms with Crippen LogP contribution in [0.3, 0.4) is 0 Å². The highest BCUT2D eigenvalue weighted by molar-refractivity contribution is 6.00. The maximum atomic E-state index is 12.3. The van der Waals surface area contributed by atoms with E-state index < -0.39 is 5.97 Å². The van der Waals surface area contributed by atoms with Gasteiger partial charge in [0, 0.05) is 12.3 Å². The summed E-state index contributed by atoms with van der Waals surface area (Å²) in [6.45, 7) is 4.19. The van der Waals surface area contributed by atoms with Gasteiger partial charge in [-0.2, -0.15) is 0 Å². The van der Waals surface area contributed by atoms with Crippen molar-refractivity contribution < 1.29 is 24.2 Å². The van der Waals surface area contributed by atoms with E-state index in [4.69, 9.17) is 9.47 Å². The van der Waals surface area contributed by atoms with E-state index in [0.717, 1.165) is 18.6 Å². The Hall–Kier alpha value is -3.87. The van der Waals surface area contributed by atoms with Crippen molar-refractivity contribution in [1.29, 1.82) is 0 Å². The Morgan fingerprint density at radius 3 is 2.28 bits per heavy atom. The Kier molecular flexibility index (Phi) is 7.80. The predicted molar refractivity (Wildman–Crippen MR) is 121 cm³/mol. The number of carboxylic acids is 1. The van der Waals surface area contributed by atoms with Crippen LogP contribution in [0, 0.1) is 0 Å². The predicted octanol–water partition coefficient (Wildman–Crippen LogP) is 5.32. The molecule has 0 saturated carbocycles. The number of carbonyl (C=O) groups excluding carboxylic acids is 1. The second-order valence-electron chi connectivity index (χ2n) is 7.21. The van der Waals surface area contributed by atoms with Crippen LogP contribution in [-0.4, -0.2) is 28.1 Å². The number of hydrogen-bond acceptors (Lipinski definition) is 5. The molecule has 0 atom stereocenters. The van der Waals surface area contributed by atoms with E-state index in [2.05, 4.69) is 24.1 Å². The van der Waals surface area contributed by atoms with Crippen molar-refractivity contribution >= 4 is 17.6 Å². The van der Waals surface area contributed by atoms with Gasteiger partial charge in [0.2, 0.25) is 11.8 Å². The minimum Gasteiger partial charge on any atom is -0.490 e. The van der Waals surface area contributed by atoms with E-state index in [-0.39, 0.29) is 29.7 Å². The molecular weight excluding hydrogens is 408 g/mol. The molecule has 166 valence electrons. The summed E-state index contributed by atoms with van der Waals surface area (Å²) in [6, 6.07) is 17.1. The first kappa shape index (κ1) is 22.8. The van der Waals surface area contributed by atoms with E-state index in [9.17, 15) is 14.7 Å². The third kappa shape index (κ3) is 6.31. The summed E-state index contributed by atoms with van der Waals surface area (Å²) in [4.78, 5) is 27.8. The van der Waals surface area contributed by atoms with Gasteiger partial charge in [0.05, 0.1) is 23.8 Å². The Morgan fingerprint density at radius 2 is 1.66 bits per heavy atom. The van der Waals surface area contributed by atoms with Crippen LogP contribution >= 0.6 is 0 Å². The molecule has 0 aliphatic rings. The molecule has 2 aromatic carbocycles. The molecule has 2 N–H and O–H groups in total. The molecule has 32 heavy (non-hydrogen) atoms. The molecule has 0 bridgehead atoms. The lowest BCUT2D eigenvalue weighted by molar-refractivity contribution is -0.115. The standard InChI is InChI=1S/C25H26N2O5/c1-3-18(4-2)31-19-10-12-20(13-11-19)32-24-14-9-17(16-26-24)15-23(28)27-22-8-6-5-7-21(22)25(29)30/h5-14,16,18H,3-4,15H2,1-2H3,(H,27,28)(H,29,30). The smallest absolute Gasteiger partial charge is 0.337 e. The molecule has 0 unspecified atom stereocenters. The van der Waals surface area contributed by atoms with E-state index in [1.54, 1.807) is 36.5 Å². The van der Waals surface area contributed by atoms with Crippen LogP contribution in [0.15, 0.2) is 66.9 Å². The van der Waals surface area contributed by atoms with E-state index >= 15 is 0 Å². The lowest BCUT2D eigenvalue weighted by Gasteiger charge is -2.15. The Balaban J connectivity index is 1.56. The van der Waals surface area contributed by atoms with E-state index in [1.807, 2.05) is 24.3 Å². The zero-order chi connectivity index (χ0) is 22.9. The number of rotatable bonds is 10. The van der Waals surface area contributed by atoms with Crippen LogP contribution in [0.5, 0.6) is 17.4 Å². The molecule has 7 heteroatoms. The maximum absolute atomic E-state index is 12.3. The van der Waals surface area contributed by atoms with Crippen molar-refractivity contribution in [3.8, 4) is 17.4 Å². The zero-order valence-electron chi connectivity index (χ0n) is 18.1. The minimum atomic E-state index is -1.10. The second kappa shape index (κ2) is 10.9. The molecule has 0 saturated heterocycles. The van der Waals surface area contributed by atoms with Gasteiger partial charge in [-0.05, 0) is 54.8 Å². The first-order valence-electron chi connectivity index (χ1n) is 10.5. The van der Waals surface area contributed by atoms with Gasteiger partial charge < -0.3 is 19.9 Å². The Morgan fingerprint density at radius 1 is 0.969 bits per heavy atom. The van der Waals surface area contributed by atoms with Crippen molar-refractivity contribution in [2.75, 3.05) is 5.32 Å². The van der Waals surface area contributed by atoms with Gasteiger partial charge in [-0.1, -0.05) is 32.0 Å². The van der Waals surface area contributed by atoms with Crippen LogP contribution in [0.1, 0.15) is 42.6 Å². The summed E-state index contributed by atoms with van der Waals surface area (Å²) in [6.07, 6.45) is 3.72. The summed E-state index contributed by atoms with van der Waals surface area (Å²) >= 11 is 0. The molecule has 3 aromatic rings. The highest BCUT2D eigenvalue weighted by atomic mass is 16.5. The molecule has 1 aromatic heterocycles. The van der Waals surface area contributed by atoms with Crippen molar-refractivity contribution in [3.63, 3.8) is 0 Å². The summed E-state index contributed by atoms with van der Waals surface area (Å²) in [7, 11) is 0. The first-order valence-corrected chi connectivity index (χ1v) is 10.5. The quantitative estimate of drug-likeness (QED) is 0.448. The lowest BCUT2D eigenvalue weighted by atomic mass is 10.1.